The van der Waals surface area contributed by atoms with Crippen molar-refractivity contribution >= 4 is 33.9 Å². The average molecular weight is 552 g/mol. The van der Waals surface area contributed by atoms with E-state index in [0.717, 1.165) is 49.6 Å². The SMILES string of the molecule is Cn1c2nccc(C(=O)O)c2c2nc(CN3CCOCC3)nc(N3CCN(CCc4ccc(F)c(F)c4)CC3)c21. The van der Waals surface area contributed by atoms with Crippen LogP contribution < -0.4 is 4.90 Å². The first-order chi connectivity index (χ1) is 19.4. The number of piperazine rings is 1. The average Bonchev–Trinajstić information content (AvgIpc) is 3.26. The fourth-order valence-corrected chi connectivity index (χ4v) is 5.61. The number of aromatic nitrogens is 4. The smallest absolute Gasteiger partial charge is 0.336 e. The number of benzene rings is 1. The molecule has 210 valence electrons. The van der Waals surface area contributed by atoms with Crippen LogP contribution in [0.1, 0.15) is 21.7 Å². The van der Waals surface area contributed by atoms with E-state index in [4.69, 9.17) is 14.7 Å². The quantitative estimate of drug-likeness (QED) is 0.372. The minimum absolute atomic E-state index is 0.166. The highest BCUT2D eigenvalue weighted by molar-refractivity contribution is 6.16. The van der Waals surface area contributed by atoms with Crippen LogP contribution in [0.4, 0.5) is 14.6 Å². The van der Waals surface area contributed by atoms with Crippen molar-refractivity contribution in [3.63, 3.8) is 0 Å². The Morgan fingerprint density at radius 2 is 1.77 bits per heavy atom. The Bertz CT molecular complexity index is 1560. The highest BCUT2D eigenvalue weighted by Gasteiger charge is 2.27. The van der Waals surface area contributed by atoms with Crippen molar-refractivity contribution in [2.75, 3.05) is 63.9 Å². The number of nitrogens with zero attached hydrogens (tertiary/aromatic N) is 7. The zero-order chi connectivity index (χ0) is 27.8. The fourth-order valence-electron chi connectivity index (χ4n) is 5.61. The number of ether oxygens (including phenoxy) is 1. The standard InChI is InChI=1S/C28H31F2N7O3/c1-34-25-24(23-19(28(38)39)4-6-31-26(23)34)32-22(17-36-12-14-40-15-13-36)33-27(25)37-10-8-35(9-11-37)7-5-18-2-3-20(29)21(30)16-18/h2-4,6,16H,5,7-15,17H2,1H3,(H,38,39). The summed E-state index contributed by atoms with van der Waals surface area (Å²) in [5, 5.41) is 10.5. The van der Waals surface area contributed by atoms with Crippen molar-refractivity contribution in [1.82, 2.24) is 29.3 Å². The van der Waals surface area contributed by atoms with Crippen molar-refractivity contribution < 1.29 is 23.4 Å². The van der Waals surface area contributed by atoms with Crippen LogP contribution in [0.5, 0.6) is 0 Å². The number of anilines is 1. The number of hydrogen-bond donors (Lipinski definition) is 1. The Morgan fingerprint density at radius 1 is 1.00 bits per heavy atom. The highest BCUT2D eigenvalue weighted by atomic mass is 19.2. The number of carbonyl (C=O) groups is 1. The van der Waals surface area contributed by atoms with Crippen LogP contribution in [0.3, 0.4) is 0 Å². The molecule has 2 aliphatic heterocycles. The predicted molar refractivity (Wildman–Crippen MR) is 146 cm³/mol. The molecule has 4 aromatic rings. The summed E-state index contributed by atoms with van der Waals surface area (Å²) in [6.45, 7) is 7.12. The van der Waals surface area contributed by atoms with Crippen molar-refractivity contribution in [3.05, 3.63) is 59.0 Å². The lowest BCUT2D eigenvalue weighted by Crippen LogP contribution is -2.47. The number of hydrogen-bond acceptors (Lipinski definition) is 8. The molecule has 5 heterocycles. The van der Waals surface area contributed by atoms with Gasteiger partial charge in [0.25, 0.3) is 0 Å². The molecule has 3 aromatic heterocycles. The molecule has 0 aliphatic carbocycles. The molecule has 1 aromatic carbocycles. The maximum absolute atomic E-state index is 13.6. The van der Waals surface area contributed by atoms with E-state index < -0.39 is 17.6 Å². The number of morpholine rings is 1. The molecule has 0 saturated carbocycles. The van der Waals surface area contributed by atoms with Gasteiger partial charge in [-0.3, -0.25) is 9.80 Å². The highest BCUT2D eigenvalue weighted by Crippen LogP contribution is 2.34. The van der Waals surface area contributed by atoms with E-state index in [1.807, 2.05) is 11.6 Å². The van der Waals surface area contributed by atoms with Gasteiger partial charge in [0.1, 0.15) is 22.5 Å². The maximum atomic E-state index is 13.6. The Morgan fingerprint density at radius 3 is 2.50 bits per heavy atom. The van der Waals surface area contributed by atoms with Gasteiger partial charge in [-0.15, -0.1) is 0 Å². The van der Waals surface area contributed by atoms with Gasteiger partial charge in [0, 0.05) is 59.1 Å². The van der Waals surface area contributed by atoms with Crippen molar-refractivity contribution in [3.8, 4) is 0 Å². The van der Waals surface area contributed by atoms with Crippen LogP contribution in [0.2, 0.25) is 0 Å². The number of halogens is 2. The second-order valence-electron chi connectivity index (χ2n) is 10.3. The van der Waals surface area contributed by atoms with E-state index in [1.54, 1.807) is 6.07 Å². The van der Waals surface area contributed by atoms with Crippen molar-refractivity contribution in [1.29, 1.82) is 0 Å². The molecule has 12 heteroatoms. The van der Waals surface area contributed by atoms with Crippen LogP contribution in [0.15, 0.2) is 30.5 Å². The van der Waals surface area contributed by atoms with Gasteiger partial charge >= 0.3 is 5.97 Å². The zero-order valence-corrected chi connectivity index (χ0v) is 22.3. The zero-order valence-electron chi connectivity index (χ0n) is 22.3. The van der Waals surface area contributed by atoms with Crippen LogP contribution in [0, 0.1) is 11.6 Å². The largest absolute Gasteiger partial charge is 0.478 e. The molecular weight excluding hydrogens is 520 g/mol. The lowest BCUT2D eigenvalue weighted by Gasteiger charge is -2.36. The molecule has 0 atom stereocenters. The van der Waals surface area contributed by atoms with Crippen molar-refractivity contribution in [2.24, 2.45) is 7.05 Å². The number of aromatic carboxylic acids is 1. The molecule has 2 aliphatic rings. The van der Waals surface area contributed by atoms with Gasteiger partial charge in [-0.1, -0.05) is 6.07 Å². The minimum atomic E-state index is -1.02. The van der Waals surface area contributed by atoms with Gasteiger partial charge in [-0.05, 0) is 30.2 Å². The van der Waals surface area contributed by atoms with Crippen molar-refractivity contribution in [2.45, 2.75) is 13.0 Å². The van der Waals surface area contributed by atoms with Crippen LogP contribution in [-0.2, 0) is 24.8 Å². The van der Waals surface area contributed by atoms with Crippen LogP contribution >= 0.6 is 0 Å². The molecule has 1 N–H and O–H groups in total. The number of carboxylic acids is 1. The third kappa shape index (κ3) is 5.09. The summed E-state index contributed by atoms with van der Waals surface area (Å²) in [5.41, 5.74) is 2.84. The summed E-state index contributed by atoms with van der Waals surface area (Å²) in [6.07, 6.45) is 2.14. The molecule has 0 unspecified atom stereocenters. The monoisotopic (exact) mass is 551 g/mol. The van der Waals surface area contributed by atoms with Gasteiger partial charge < -0.3 is 19.3 Å². The molecule has 6 rings (SSSR count). The Balaban J connectivity index is 1.30. The summed E-state index contributed by atoms with van der Waals surface area (Å²) in [6, 6.07) is 5.58. The van der Waals surface area contributed by atoms with Gasteiger partial charge in [0.2, 0.25) is 0 Å². The van der Waals surface area contributed by atoms with E-state index in [9.17, 15) is 18.7 Å². The maximum Gasteiger partial charge on any atom is 0.336 e. The Hall–Kier alpha value is -3.74. The summed E-state index contributed by atoms with van der Waals surface area (Å²) in [5.74, 6) is -1.27. The normalized spacial score (nSPS) is 17.2. The predicted octanol–water partition coefficient (Wildman–Crippen LogP) is 2.69. The van der Waals surface area contributed by atoms with E-state index in [1.165, 1.54) is 24.4 Å². The number of fused-ring (bicyclic) bond motifs is 3. The molecular formula is C28H31F2N7O3. The lowest BCUT2D eigenvalue weighted by atomic mass is 10.1. The Labute approximate surface area is 229 Å². The fraction of sp³-hybridized carbons (Fsp3) is 0.429. The van der Waals surface area contributed by atoms with E-state index >= 15 is 0 Å². The van der Waals surface area contributed by atoms with E-state index in [2.05, 4.69) is 19.7 Å². The van der Waals surface area contributed by atoms with E-state index in [-0.39, 0.29) is 5.56 Å². The van der Waals surface area contributed by atoms with Gasteiger partial charge in [-0.2, -0.15) is 0 Å². The minimum Gasteiger partial charge on any atom is -0.478 e. The second-order valence-corrected chi connectivity index (χ2v) is 10.3. The second kappa shape index (κ2) is 11.0. The molecule has 0 amide bonds. The first-order valence-electron chi connectivity index (χ1n) is 13.5. The molecule has 2 fully saturated rings. The first-order valence-corrected chi connectivity index (χ1v) is 13.5. The number of pyridine rings is 1. The Kier molecular flexibility index (Phi) is 7.30. The number of carboxylic acid groups (broad SMARTS) is 1. The topological polar surface area (TPSA) is 99.8 Å². The summed E-state index contributed by atoms with van der Waals surface area (Å²) in [4.78, 5) is 33.3. The van der Waals surface area contributed by atoms with Gasteiger partial charge in [-0.25, -0.2) is 28.5 Å². The molecule has 0 bridgehead atoms. The van der Waals surface area contributed by atoms with Gasteiger partial charge in [0.05, 0.1) is 30.7 Å². The van der Waals surface area contributed by atoms with Gasteiger partial charge in [0.15, 0.2) is 17.5 Å². The summed E-state index contributed by atoms with van der Waals surface area (Å²) in [7, 11) is 1.87. The summed E-state index contributed by atoms with van der Waals surface area (Å²) < 4.78 is 34.3. The number of rotatable bonds is 7. The third-order valence-electron chi connectivity index (χ3n) is 7.80. The summed E-state index contributed by atoms with van der Waals surface area (Å²) >= 11 is 0. The van der Waals surface area contributed by atoms with E-state index in [0.29, 0.717) is 61.6 Å². The first kappa shape index (κ1) is 26.5. The molecule has 0 radical (unpaired) electrons. The lowest BCUT2D eigenvalue weighted by molar-refractivity contribution is 0.0331. The molecule has 10 nitrogen and oxygen atoms in total. The van der Waals surface area contributed by atoms with Crippen LogP contribution in [-0.4, -0.2) is 99.4 Å². The van der Waals surface area contributed by atoms with Crippen LogP contribution in [0.25, 0.3) is 22.1 Å². The molecule has 0 spiro atoms. The third-order valence-corrected chi connectivity index (χ3v) is 7.80. The molecule has 2 saturated heterocycles. The number of aryl methyl sites for hydroxylation is 1. The molecule has 40 heavy (non-hydrogen) atoms.